The minimum Gasteiger partial charge on any atom is -0.454 e. The van der Waals surface area contributed by atoms with Crippen LogP contribution in [-0.4, -0.2) is 4.57 Å². The second-order valence-corrected chi connectivity index (χ2v) is 13.4. The lowest BCUT2D eigenvalue weighted by Crippen LogP contribution is -2.05. The van der Waals surface area contributed by atoms with E-state index in [2.05, 4.69) is 51.9 Å². The van der Waals surface area contributed by atoms with Gasteiger partial charge in [0.05, 0.1) is 33.6 Å². The monoisotopic (exact) mass is 659 g/mol. The fourth-order valence-corrected chi connectivity index (χ4v) is 8.88. The topological polar surface area (TPSA) is 46.2 Å². The van der Waals surface area contributed by atoms with Crippen molar-refractivity contribution in [3.63, 3.8) is 0 Å². The number of thiophene rings is 1. The van der Waals surface area contributed by atoms with Crippen molar-refractivity contribution in [2.45, 2.75) is 0 Å². The molecule has 3 heterocycles. The molecule has 0 saturated heterocycles. The first-order valence-corrected chi connectivity index (χ1v) is 17.0. The Hall–Kier alpha value is -6.73. The summed E-state index contributed by atoms with van der Waals surface area (Å²) < 4.78 is 28.4. The molecule has 6 heteroatoms. The molecule has 4 nitrogen and oxygen atoms in total. The number of benzene rings is 7. The van der Waals surface area contributed by atoms with Crippen LogP contribution in [0.1, 0.15) is 5.56 Å². The van der Waals surface area contributed by atoms with Gasteiger partial charge in [0.2, 0.25) is 5.69 Å². The number of halogens is 1. The van der Waals surface area contributed by atoms with E-state index >= 15 is 4.39 Å². The number of rotatable bonds is 3. The van der Waals surface area contributed by atoms with Crippen molar-refractivity contribution in [3.8, 4) is 34.0 Å². The molecule has 232 valence electrons. The summed E-state index contributed by atoms with van der Waals surface area (Å²) in [6.07, 6.45) is 0. The first-order chi connectivity index (χ1) is 24.7. The maximum Gasteiger partial charge on any atom is 0.220 e. The van der Waals surface area contributed by atoms with Gasteiger partial charge in [-0.3, -0.25) is 0 Å². The first-order valence-electron chi connectivity index (χ1n) is 16.1. The molecule has 0 aliphatic heterocycles. The van der Waals surface area contributed by atoms with Crippen LogP contribution in [0.3, 0.4) is 0 Å². The number of nitriles is 1. The summed E-state index contributed by atoms with van der Waals surface area (Å²) in [5.74, 6) is -0.671. The highest BCUT2D eigenvalue weighted by Crippen LogP contribution is 2.52. The molecule has 0 N–H and O–H groups in total. The van der Waals surface area contributed by atoms with E-state index in [0.29, 0.717) is 22.4 Å². The maximum atomic E-state index is 17.5. The van der Waals surface area contributed by atoms with Crippen LogP contribution < -0.4 is 0 Å². The Bertz CT molecular complexity index is 2990. The number of hydrogen-bond donors (Lipinski definition) is 0. The maximum absolute atomic E-state index is 17.5. The van der Waals surface area contributed by atoms with Gasteiger partial charge in [-0.15, -0.1) is 11.3 Å². The zero-order chi connectivity index (χ0) is 33.5. The standard InChI is InChI=1S/C44H22FN3OS/c1-47-39-36(25-12-4-2-5-13-25)33(24-46)38(45)37(26-14-6-3-7-15-26)42(39)48-40-29(20-22-31-27-16-8-10-18-34(27)49-43(31)40)30-21-23-32-28-17-9-11-19-35(28)50-44(32)41(30)48/h2-23H. The fraction of sp³-hybridized carbons (Fsp3) is 0. The summed E-state index contributed by atoms with van der Waals surface area (Å²) in [5, 5.41) is 16.5. The lowest BCUT2D eigenvalue weighted by atomic mass is 9.90. The molecule has 0 atom stereocenters. The molecule has 0 spiro atoms. The molecular formula is C44H22FN3OS. The minimum atomic E-state index is -0.671. The van der Waals surface area contributed by atoms with Gasteiger partial charge in [0.25, 0.3) is 0 Å². The van der Waals surface area contributed by atoms with Crippen LogP contribution in [0.15, 0.2) is 138 Å². The third-order valence-electron chi connectivity index (χ3n) is 9.74. The summed E-state index contributed by atoms with van der Waals surface area (Å²) in [6, 6.07) is 45.3. The number of fused-ring (bicyclic) bond motifs is 11. The summed E-state index contributed by atoms with van der Waals surface area (Å²) in [7, 11) is 0. The number of hydrogen-bond acceptors (Lipinski definition) is 3. The van der Waals surface area contributed by atoms with Crippen LogP contribution in [0.4, 0.5) is 10.1 Å². The summed E-state index contributed by atoms with van der Waals surface area (Å²) >= 11 is 1.68. The van der Waals surface area contributed by atoms with Crippen molar-refractivity contribution in [3.05, 3.63) is 156 Å². The van der Waals surface area contributed by atoms with Crippen LogP contribution in [-0.2, 0) is 0 Å². The van der Waals surface area contributed by atoms with Crippen molar-refractivity contribution < 1.29 is 8.81 Å². The third kappa shape index (κ3) is 3.77. The largest absolute Gasteiger partial charge is 0.454 e. The SMILES string of the molecule is [C-]#[N+]c1c(-c2ccccc2)c(C#N)c(F)c(-c2ccccc2)c1-n1c2c(ccc3c4ccccc4oc32)c2ccc3c4ccccc4sc3c21. The molecule has 0 aliphatic carbocycles. The zero-order valence-corrected chi connectivity index (χ0v) is 27.1. The molecule has 0 bridgehead atoms. The van der Waals surface area contributed by atoms with Gasteiger partial charge in [-0.1, -0.05) is 115 Å². The average molecular weight is 660 g/mol. The lowest BCUT2D eigenvalue weighted by Gasteiger charge is -2.21. The van der Waals surface area contributed by atoms with E-state index in [1.165, 1.54) is 0 Å². The van der Waals surface area contributed by atoms with Crippen LogP contribution in [0.5, 0.6) is 0 Å². The van der Waals surface area contributed by atoms with Gasteiger partial charge >= 0.3 is 0 Å². The Morgan fingerprint density at radius 3 is 1.96 bits per heavy atom. The molecule has 7 aromatic carbocycles. The van der Waals surface area contributed by atoms with Crippen molar-refractivity contribution in [2.75, 3.05) is 0 Å². The molecule has 0 aliphatic rings. The van der Waals surface area contributed by atoms with Gasteiger partial charge in [0.1, 0.15) is 17.5 Å². The Balaban J connectivity index is 1.54. The third-order valence-corrected chi connectivity index (χ3v) is 10.9. The van der Waals surface area contributed by atoms with E-state index in [0.717, 1.165) is 58.3 Å². The second-order valence-electron chi connectivity index (χ2n) is 12.3. The van der Waals surface area contributed by atoms with E-state index in [4.69, 9.17) is 11.0 Å². The predicted octanol–water partition coefficient (Wildman–Crippen LogP) is 12.9. The molecular weight excluding hydrogens is 638 g/mol. The highest BCUT2D eigenvalue weighted by molar-refractivity contribution is 7.26. The molecule has 0 saturated carbocycles. The van der Waals surface area contributed by atoms with Gasteiger partial charge in [0.15, 0.2) is 5.58 Å². The second kappa shape index (κ2) is 10.6. The van der Waals surface area contributed by atoms with E-state index < -0.39 is 5.82 Å². The zero-order valence-electron chi connectivity index (χ0n) is 26.2. The predicted molar refractivity (Wildman–Crippen MR) is 203 cm³/mol. The van der Waals surface area contributed by atoms with Gasteiger partial charge in [-0.25, -0.2) is 9.24 Å². The molecule has 10 aromatic rings. The molecule has 0 radical (unpaired) electrons. The van der Waals surface area contributed by atoms with Crippen LogP contribution >= 0.6 is 11.3 Å². The van der Waals surface area contributed by atoms with Gasteiger partial charge in [-0.2, -0.15) is 5.26 Å². The van der Waals surface area contributed by atoms with E-state index in [1.807, 2.05) is 97.1 Å². The molecule has 10 rings (SSSR count). The Labute approximate surface area is 288 Å². The van der Waals surface area contributed by atoms with Crippen LogP contribution in [0, 0.1) is 23.7 Å². The number of nitrogens with zero attached hydrogens (tertiary/aromatic N) is 3. The molecule has 0 unspecified atom stereocenters. The number of para-hydroxylation sites is 1. The average Bonchev–Trinajstić information content (AvgIpc) is 3.84. The highest BCUT2D eigenvalue weighted by atomic mass is 32.1. The van der Waals surface area contributed by atoms with Gasteiger partial charge in [-0.05, 0) is 29.3 Å². The van der Waals surface area contributed by atoms with Gasteiger partial charge < -0.3 is 8.98 Å². The van der Waals surface area contributed by atoms with E-state index in [1.54, 1.807) is 11.3 Å². The highest BCUT2D eigenvalue weighted by Gasteiger charge is 2.31. The minimum absolute atomic E-state index is 0.161. The molecule has 50 heavy (non-hydrogen) atoms. The summed E-state index contributed by atoms with van der Waals surface area (Å²) in [5.41, 5.74) is 5.01. The quantitative estimate of drug-likeness (QED) is 0.177. The summed E-state index contributed by atoms with van der Waals surface area (Å²) in [4.78, 5) is 4.18. The normalized spacial score (nSPS) is 11.7. The number of aromatic nitrogens is 1. The lowest BCUT2D eigenvalue weighted by molar-refractivity contribution is 0.627. The van der Waals surface area contributed by atoms with E-state index in [-0.39, 0.29) is 22.4 Å². The Kier molecular flexibility index (Phi) is 6.02. The van der Waals surface area contributed by atoms with Crippen molar-refractivity contribution >= 4 is 80.9 Å². The summed E-state index contributed by atoms with van der Waals surface area (Å²) in [6.45, 7) is 8.76. The fourth-order valence-electron chi connectivity index (χ4n) is 7.64. The smallest absolute Gasteiger partial charge is 0.220 e. The van der Waals surface area contributed by atoms with Crippen LogP contribution in [0.2, 0.25) is 0 Å². The Morgan fingerprint density at radius 2 is 1.24 bits per heavy atom. The van der Waals surface area contributed by atoms with Crippen molar-refractivity contribution in [1.29, 1.82) is 5.26 Å². The molecule has 0 fully saturated rings. The molecule has 3 aromatic heterocycles. The Morgan fingerprint density at radius 1 is 0.640 bits per heavy atom. The molecule has 0 amide bonds. The first kappa shape index (κ1) is 28.3. The number of furan rings is 1. The van der Waals surface area contributed by atoms with Crippen LogP contribution in [0.25, 0.3) is 96.7 Å². The van der Waals surface area contributed by atoms with Crippen molar-refractivity contribution in [2.24, 2.45) is 0 Å². The van der Waals surface area contributed by atoms with E-state index in [9.17, 15) is 5.26 Å². The van der Waals surface area contributed by atoms with Crippen molar-refractivity contribution in [1.82, 2.24) is 4.57 Å². The van der Waals surface area contributed by atoms with Gasteiger partial charge in [0, 0.05) is 48.1 Å².